The average Bonchev–Trinajstić information content (AvgIpc) is 3.33. The minimum absolute atomic E-state index is 0.341. The summed E-state index contributed by atoms with van der Waals surface area (Å²) in [7, 11) is 0. The molecule has 2 unspecified atom stereocenters. The summed E-state index contributed by atoms with van der Waals surface area (Å²) in [6.45, 7) is 3.61. The van der Waals surface area contributed by atoms with E-state index in [1.807, 2.05) is 13.0 Å². The fraction of sp³-hybridized carbons (Fsp3) is 0.435. The van der Waals surface area contributed by atoms with Crippen molar-refractivity contribution in [3.05, 3.63) is 48.4 Å². The Balaban J connectivity index is 1.23. The van der Waals surface area contributed by atoms with Crippen molar-refractivity contribution in [3.63, 3.8) is 0 Å². The van der Waals surface area contributed by atoms with Crippen LogP contribution in [0, 0.1) is 24.6 Å². The molecule has 4 heterocycles. The van der Waals surface area contributed by atoms with Crippen molar-refractivity contribution in [1.82, 2.24) is 19.5 Å². The van der Waals surface area contributed by atoms with Gasteiger partial charge < -0.3 is 19.5 Å². The zero-order valence-corrected chi connectivity index (χ0v) is 17.5. The summed E-state index contributed by atoms with van der Waals surface area (Å²) < 4.78 is 22.3. The van der Waals surface area contributed by atoms with Gasteiger partial charge >= 0.3 is 0 Å². The lowest BCUT2D eigenvalue weighted by Gasteiger charge is -2.32. The number of nitrogens with zero attached hydrogens (tertiary/aromatic N) is 5. The molecule has 31 heavy (non-hydrogen) atoms. The number of hydrogen-bond donors (Lipinski definition) is 1. The van der Waals surface area contributed by atoms with E-state index in [-0.39, 0.29) is 5.82 Å². The van der Waals surface area contributed by atoms with Crippen molar-refractivity contribution < 1.29 is 9.13 Å². The Labute approximate surface area is 180 Å². The predicted octanol–water partition coefficient (Wildman–Crippen LogP) is 4.24. The Morgan fingerprint density at radius 1 is 1.19 bits per heavy atom. The SMILES string of the molecule is Cc1cn(-c2ccc(Nc3ncc4c(n3)N3CC(C5CCC5)CC3CO4)cc2F)cn1. The van der Waals surface area contributed by atoms with Crippen LogP contribution in [0.5, 0.6) is 5.75 Å². The second-order valence-corrected chi connectivity index (χ2v) is 8.90. The lowest BCUT2D eigenvalue weighted by atomic mass is 9.75. The zero-order valence-electron chi connectivity index (χ0n) is 17.5. The summed E-state index contributed by atoms with van der Waals surface area (Å²) in [5.74, 6) is 3.27. The number of benzene rings is 1. The van der Waals surface area contributed by atoms with Crippen LogP contribution in [-0.2, 0) is 0 Å². The number of aryl methyl sites for hydroxylation is 1. The van der Waals surface area contributed by atoms with Gasteiger partial charge in [-0.3, -0.25) is 0 Å². The smallest absolute Gasteiger partial charge is 0.229 e. The van der Waals surface area contributed by atoms with E-state index in [0.717, 1.165) is 35.6 Å². The standard InChI is InChI=1S/C23H25FN6O/c1-14-10-29(13-26-14)20-6-5-17(8-19(20)24)27-23-25-9-21-22(28-23)30-11-16(15-3-2-4-15)7-18(30)12-31-21/h5-6,8-10,13,15-16,18H,2-4,7,11-12H2,1H3,(H,25,27,28). The minimum Gasteiger partial charge on any atom is -0.486 e. The summed E-state index contributed by atoms with van der Waals surface area (Å²) in [5.41, 5.74) is 1.89. The third kappa shape index (κ3) is 3.30. The molecule has 0 amide bonds. The maximum Gasteiger partial charge on any atom is 0.229 e. The van der Waals surface area contributed by atoms with E-state index >= 15 is 0 Å². The molecule has 2 atom stereocenters. The molecule has 1 N–H and O–H groups in total. The number of anilines is 3. The monoisotopic (exact) mass is 420 g/mol. The molecule has 1 saturated heterocycles. The Kier molecular flexibility index (Phi) is 4.33. The summed E-state index contributed by atoms with van der Waals surface area (Å²) in [4.78, 5) is 15.7. The van der Waals surface area contributed by atoms with Crippen LogP contribution in [-0.4, -0.2) is 38.7 Å². The maximum atomic E-state index is 14.7. The topological polar surface area (TPSA) is 68.1 Å². The van der Waals surface area contributed by atoms with E-state index in [9.17, 15) is 4.39 Å². The number of hydrogen-bond acceptors (Lipinski definition) is 6. The molecule has 2 aromatic heterocycles. The third-order valence-electron chi connectivity index (χ3n) is 6.90. The molecule has 3 aromatic rings. The second kappa shape index (κ2) is 7.21. The number of halogens is 1. The van der Waals surface area contributed by atoms with Gasteiger partial charge in [-0.1, -0.05) is 19.3 Å². The summed E-state index contributed by atoms with van der Waals surface area (Å²) in [6.07, 6.45) is 10.4. The number of imidazole rings is 1. The summed E-state index contributed by atoms with van der Waals surface area (Å²) in [5, 5.41) is 3.15. The summed E-state index contributed by atoms with van der Waals surface area (Å²) in [6, 6.07) is 5.38. The van der Waals surface area contributed by atoms with Gasteiger partial charge in [0.25, 0.3) is 0 Å². The first-order valence-electron chi connectivity index (χ1n) is 11.0. The first-order valence-corrected chi connectivity index (χ1v) is 11.0. The van der Waals surface area contributed by atoms with E-state index < -0.39 is 0 Å². The van der Waals surface area contributed by atoms with Crippen LogP contribution in [0.1, 0.15) is 31.4 Å². The van der Waals surface area contributed by atoms with E-state index in [1.165, 1.54) is 31.7 Å². The van der Waals surface area contributed by atoms with E-state index in [1.54, 1.807) is 29.4 Å². The van der Waals surface area contributed by atoms with Gasteiger partial charge in [-0.15, -0.1) is 0 Å². The average molecular weight is 420 g/mol. The number of fused-ring (bicyclic) bond motifs is 3. The zero-order chi connectivity index (χ0) is 20.9. The Hall–Kier alpha value is -3.16. The number of ether oxygens (including phenoxy) is 1. The Bertz CT molecular complexity index is 1130. The number of aromatic nitrogens is 4. The molecule has 0 spiro atoms. The van der Waals surface area contributed by atoms with Crippen molar-refractivity contribution in [2.24, 2.45) is 11.8 Å². The van der Waals surface area contributed by atoms with Gasteiger partial charge in [0.1, 0.15) is 12.4 Å². The summed E-state index contributed by atoms with van der Waals surface area (Å²) >= 11 is 0. The van der Waals surface area contributed by atoms with Crippen molar-refractivity contribution in [3.8, 4) is 11.4 Å². The van der Waals surface area contributed by atoms with Crippen molar-refractivity contribution in [2.75, 3.05) is 23.4 Å². The van der Waals surface area contributed by atoms with Gasteiger partial charge in [0.05, 0.1) is 29.9 Å². The molecule has 2 fully saturated rings. The highest BCUT2D eigenvalue weighted by molar-refractivity contribution is 5.62. The number of rotatable bonds is 4. The fourth-order valence-corrected chi connectivity index (χ4v) is 5.01. The predicted molar refractivity (Wildman–Crippen MR) is 116 cm³/mol. The van der Waals surface area contributed by atoms with Crippen LogP contribution < -0.4 is 15.0 Å². The molecule has 6 rings (SSSR count). The van der Waals surface area contributed by atoms with Crippen LogP contribution >= 0.6 is 0 Å². The first kappa shape index (κ1) is 18.6. The Morgan fingerprint density at radius 3 is 2.84 bits per heavy atom. The highest BCUT2D eigenvalue weighted by Gasteiger charge is 2.42. The van der Waals surface area contributed by atoms with Crippen molar-refractivity contribution in [1.29, 1.82) is 0 Å². The van der Waals surface area contributed by atoms with Gasteiger partial charge in [0.15, 0.2) is 11.6 Å². The van der Waals surface area contributed by atoms with Crippen molar-refractivity contribution >= 4 is 17.5 Å². The van der Waals surface area contributed by atoms with E-state index in [2.05, 4.69) is 20.2 Å². The highest BCUT2D eigenvalue weighted by Crippen LogP contribution is 2.44. The molecule has 7 nitrogen and oxygen atoms in total. The van der Waals surface area contributed by atoms with Gasteiger partial charge in [0.2, 0.25) is 5.95 Å². The molecule has 1 aliphatic carbocycles. The quantitative estimate of drug-likeness (QED) is 0.681. The molecule has 2 aliphatic heterocycles. The van der Waals surface area contributed by atoms with Gasteiger partial charge in [0, 0.05) is 18.4 Å². The van der Waals surface area contributed by atoms with Crippen LogP contribution in [0.15, 0.2) is 36.9 Å². The maximum absolute atomic E-state index is 14.7. The highest BCUT2D eigenvalue weighted by atomic mass is 19.1. The molecule has 160 valence electrons. The molecular weight excluding hydrogens is 395 g/mol. The second-order valence-electron chi connectivity index (χ2n) is 8.90. The molecular formula is C23H25FN6O. The molecule has 3 aliphatic rings. The van der Waals surface area contributed by atoms with E-state index in [0.29, 0.717) is 30.0 Å². The van der Waals surface area contributed by atoms with Crippen LogP contribution in [0.2, 0.25) is 0 Å². The molecule has 8 heteroatoms. The van der Waals surface area contributed by atoms with Gasteiger partial charge in [-0.2, -0.15) is 4.98 Å². The third-order valence-corrected chi connectivity index (χ3v) is 6.90. The molecule has 0 bridgehead atoms. The van der Waals surface area contributed by atoms with Gasteiger partial charge in [-0.25, -0.2) is 14.4 Å². The van der Waals surface area contributed by atoms with Gasteiger partial charge in [-0.05, 0) is 43.4 Å². The number of nitrogens with one attached hydrogen (secondary N) is 1. The molecule has 1 aromatic carbocycles. The largest absolute Gasteiger partial charge is 0.486 e. The normalized spacial score (nSPS) is 22.5. The fourth-order valence-electron chi connectivity index (χ4n) is 5.01. The lowest BCUT2D eigenvalue weighted by molar-refractivity contribution is 0.210. The minimum atomic E-state index is -0.341. The lowest BCUT2D eigenvalue weighted by Crippen LogP contribution is -2.39. The van der Waals surface area contributed by atoms with Crippen LogP contribution in [0.25, 0.3) is 5.69 Å². The molecule has 1 saturated carbocycles. The van der Waals surface area contributed by atoms with Crippen LogP contribution in [0.3, 0.4) is 0 Å². The van der Waals surface area contributed by atoms with Crippen molar-refractivity contribution in [2.45, 2.75) is 38.6 Å². The van der Waals surface area contributed by atoms with Crippen LogP contribution in [0.4, 0.5) is 21.8 Å². The van der Waals surface area contributed by atoms with E-state index in [4.69, 9.17) is 9.72 Å². The molecule has 0 radical (unpaired) electrons. The first-order chi connectivity index (χ1) is 15.1. The Morgan fingerprint density at radius 2 is 2.10 bits per heavy atom.